The molecule has 0 spiro atoms. The molecule has 2 aliphatic rings. The van der Waals surface area contributed by atoms with E-state index in [1.54, 1.807) is 11.6 Å². The smallest absolute Gasteiger partial charge is 0.418 e. The number of anilines is 1. The topological polar surface area (TPSA) is 74.4 Å². The summed E-state index contributed by atoms with van der Waals surface area (Å²) in [4.78, 5) is 10.7. The Labute approximate surface area is 162 Å². The molecule has 10 heteroatoms. The van der Waals surface area contributed by atoms with Crippen LogP contribution in [0.3, 0.4) is 0 Å². The maximum Gasteiger partial charge on any atom is 0.418 e. The Bertz CT molecular complexity index is 992. The molecular formula is C18H17F3N4O2S. The van der Waals surface area contributed by atoms with Crippen molar-refractivity contribution in [1.29, 1.82) is 0 Å². The number of fused-ring (bicyclic) bond motifs is 3. The zero-order chi connectivity index (χ0) is 19.5. The number of nitrogens with zero attached hydrogens (tertiary/aromatic N) is 3. The molecule has 0 amide bonds. The Morgan fingerprint density at radius 3 is 2.64 bits per heavy atom. The van der Waals surface area contributed by atoms with Crippen molar-refractivity contribution in [3.05, 3.63) is 29.3 Å². The van der Waals surface area contributed by atoms with Crippen molar-refractivity contribution < 1.29 is 22.7 Å². The molecule has 2 fully saturated rings. The summed E-state index contributed by atoms with van der Waals surface area (Å²) in [6.07, 6.45) is -3.60. The zero-order valence-corrected chi connectivity index (χ0v) is 15.4. The van der Waals surface area contributed by atoms with Crippen molar-refractivity contribution in [3.8, 4) is 10.6 Å². The van der Waals surface area contributed by atoms with Crippen molar-refractivity contribution >= 4 is 28.5 Å². The molecule has 2 bridgehead atoms. The molecular weight excluding hydrogens is 393 g/mol. The van der Waals surface area contributed by atoms with Gasteiger partial charge in [0.2, 0.25) is 0 Å². The van der Waals surface area contributed by atoms with E-state index in [4.69, 9.17) is 4.42 Å². The minimum Gasteiger partial charge on any atom is -0.423 e. The summed E-state index contributed by atoms with van der Waals surface area (Å²) in [5, 5.41) is 15.5. The second-order valence-electron chi connectivity index (χ2n) is 7.24. The van der Waals surface area contributed by atoms with E-state index in [1.165, 1.54) is 23.5 Å². The Kier molecular flexibility index (Phi) is 4.11. The minimum atomic E-state index is -4.77. The SMILES string of the molecule is O[C@@H](c1cc(-c2nccs2)c2oc(N3CC4CCC(C3)N4)nc2c1)C(F)(F)F. The molecule has 148 valence electrons. The largest absolute Gasteiger partial charge is 0.423 e. The third-order valence-electron chi connectivity index (χ3n) is 5.28. The number of halogens is 3. The predicted octanol–water partition coefficient (Wildman–Crippen LogP) is 3.49. The highest BCUT2D eigenvalue weighted by Crippen LogP contribution is 2.39. The molecule has 0 aliphatic carbocycles. The summed E-state index contributed by atoms with van der Waals surface area (Å²) in [5.41, 5.74) is 0.800. The molecule has 2 unspecified atom stereocenters. The van der Waals surface area contributed by atoms with E-state index in [0.717, 1.165) is 25.9 Å². The van der Waals surface area contributed by atoms with E-state index in [1.807, 2.05) is 4.90 Å². The molecule has 2 aliphatic heterocycles. The average molecular weight is 410 g/mol. The summed E-state index contributed by atoms with van der Waals surface area (Å²) in [7, 11) is 0. The number of benzene rings is 1. The number of aliphatic hydroxyl groups excluding tert-OH is 1. The van der Waals surface area contributed by atoms with Gasteiger partial charge in [0.05, 0.1) is 5.56 Å². The zero-order valence-electron chi connectivity index (χ0n) is 14.6. The summed E-state index contributed by atoms with van der Waals surface area (Å²) < 4.78 is 45.2. The van der Waals surface area contributed by atoms with Crippen LogP contribution in [0.1, 0.15) is 24.5 Å². The van der Waals surface area contributed by atoms with Crippen LogP contribution in [0.4, 0.5) is 19.2 Å². The molecule has 28 heavy (non-hydrogen) atoms. The van der Waals surface area contributed by atoms with Gasteiger partial charge in [-0.1, -0.05) is 0 Å². The molecule has 0 radical (unpaired) electrons. The highest BCUT2D eigenvalue weighted by Gasteiger charge is 2.40. The first-order valence-electron chi connectivity index (χ1n) is 8.98. The lowest BCUT2D eigenvalue weighted by Crippen LogP contribution is -2.51. The fourth-order valence-corrected chi connectivity index (χ4v) is 4.64. The van der Waals surface area contributed by atoms with Gasteiger partial charge in [-0.2, -0.15) is 18.2 Å². The lowest BCUT2D eigenvalue weighted by Gasteiger charge is -2.31. The molecule has 4 heterocycles. The first kappa shape index (κ1) is 17.9. The number of alkyl halides is 3. The Morgan fingerprint density at radius 1 is 1.25 bits per heavy atom. The molecule has 5 rings (SSSR count). The van der Waals surface area contributed by atoms with Gasteiger partial charge in [-0.3, -0.25) is 0 Å². The van der Waals surface area contributed by atoms with Gasteiger partial charge in [-0.05, 0) is 30.5 Å². The van der Waals surface area contributed by atoms with E-state index in [9.17, 15) is 18.3 Å². The molecule has 2 saturated heterocycles. The number of rotatable bonds is 3. The third-order valence-corrected chi connectivity index (χ3v) is 6.08. The van der Waals surface area contributed by atoms with E-state index >= 15 is 0 Å². The number of aromatic nitrogens is 2. The number of aliphatic hydroxyl groups is 1. The lowest BCUT2D eigenvalue weighted by molar-refractivity contribution is -0.206. The third kappa shape index (κ3) is 3.05. The van der Waals surface area contributed by atoms with E-state index in [2.05, 4.69) is 15.3 Å². The van der Waals surface area contributed by atoms with E-state index < -0.39 is 12.3 Å². The molecule has 6 nitrogen and oxygen atoms in total. The number of hydrogen-bond acceptors (Lipinski definition) is 7. The second kappa shape index (κ2) is 6.43. The molecule has 3 atom stereocenters. The van der Waals surface area contributed by atoms with Crippen LogP contribution in [0.25, 0.3) is 21.7 Å². The van der Waals surface area contributed by atoms with Gasteiger partial charge < -0.3 is 19.7 Å². The maximum absolute atomic E-state index is 13.1. The van der Waals surface area contributed by atoms with E-state index in [-0.39, 0.29) is 11.1 Å². The van der Waals surface area contributed by atoms with Gasteiger partial charge in [0.1, 0.15) is 10.5 Å². The summed E-state index contributed by atoms with van der Waals surface area (Å²) in [5.74, 6) is 0. The van der Waals surface area contributed by atoms with Crippen molar-refractivity contribution in [2.24, 2.45) is 0 Å². The number of nitrogens with one attached hydrogen (secondary N) is 1. The van der Waals surface area contributed by atoms with Crippen LogP contribution >= 0.6 is 11.3 Å². The Hall–Kier alpha value is -2.17. The summed E-state index contributed by atoms with van der Waals surface area (Å²) in [6.45, 7) is 1.49. The van der Waals surface area contributed by atoms with Crippen molar-refractivity contribution in [2.45, 2.75) is 37.2 Å². The highest BCUT2D eigenvalue weighted by molar-refractivity contribution is 7.13. The number of piperazine rings is 1. The van der Waals surface area contributed by atoms with Crippen molar-refractivity contribution in [2.75, 3.05) is 18.0 Å². The summed E-state index contributed by atoms with van der Waals surface area (Å²) in [6, 6.07) is 3.67. The monoisotopic (exact) mass is 410 g/mol. The van der Waals surface area contributed by atoms with Gasteiger partial charge in [-0.15, -0.1) is 11.3 Å². The Morgan fingerprint density at radius 2 is 2.00 bits per heavy atom. The van der Waals surface area contributed by atoms with Crippen LogP contribution in [0.2, 0.25) is 0 Å². The molecule has 2 N–H and O–H groups in total. The van der Waals surface area contributed by atoms with Gasteiger partial charge >= 0.3 is 6.18 Å². The van der Waals surface area contributed by atoms with Crippen LogP contribution in [0, 0.1) is 0 Å². The molecule has 3 aromatic rings. The van der Waals surface area contributed by atoms with Gasteiger partial charge in [-0.25, -0.2) is 4.98 Å². The predicted molar refractivity (Wildman–Crippen MR) is 98.3 cm³/mol. The molecule has 1 aromatic carbocycles. The maximum atomic E-state index is 13.1. The normalized spacial score (nSPS) is 23.5. The van der Waals surface area contributed by atoms with Gasteiger partial charge in [0.15, 0.2) is 11.7 Å². The van der Waals surface area contributed by atoms with Gasteiger partial charge in [0.25, 0.3) is 6.01 Å². The van der Waals surface area contributed by atoms with Crippen LogP contribution in [-0.4, -0.2) is 46.4 Å². The number of oxazole rings is 1. The lowest BCUT2D eigenvalue weighted by atomic mass is 10.0. The average Bonchev–Trinajstić information content (AvgIpc) is 3.39. The van der Waals surface area contributed by atoms with E-state index in [0.29, 0.717) is 34.3 Å². The van der Waals surface area contributed by atoms with Crippen molar-refractivity contribution in [3.63, 3.8) is 0 Å². The number of hydrogen-bond donors (Lipinski definition) is 2. The fourth-order valence-electron chi connectivity index (χ4n) is 3.99. The van der Waals surface area contributed by atoms with Crippen LogP contribution < -0.4 is 10.2 Å². The standard InChI is InChI=1S/C18H17F3N4O2S/c19-18(20,21)15(26)9-5-12(16-22-3-4-28-16)14-13(6-9)24-17(27-14)25-7-10-1-2-11(8-25)23-10/h3-6,10-11,15,23,26H,1-2,7-8H2/t10?,11?,15-/m0/s1. The quantitative estimate of drug-likeness (QED) is 0.689. The number of thiazole rings is 1. The molecule has 2 aromatic heterocycles. The van der Waals surface area contributed by atoms with Crippen LogP contribution in [0.5, 0.6) is 0 Å². The second-order valence-corrected chi connectivity index (χ2v) is 8.13. The van der Waals surface area contributed by atoms with Crippen molar-refractivity contribution in [1.82, 2.24) is 15.3 Å². The first-order valence-corrected chi connectivity index (χ1v) is 9.86. The van der Waals surface area contributed by atoms with Crippen LogP contribution in [0.15, 0.2) is 28.1 Å². The van der Waals surface area contributed by atoms with Crippen LogP contribution in [-0.2, 0) is 0 Å². The molecule has 0 saturated carbocycles. The first-order chi connectivity index (χ1) is 13.4. The fraction of sp³-hybridized carbons (Fsp3) is 0.444. The highest BCUT2D eigenvalue weighted by atomic mass is 32.1. The summed E-state index contributed by atoms with van der Waals surface area (Å²) >= 11 is 1.29. The van der Waals surface area contributed by atoms with Gasteiger partial charge in [0, 0.05) is 36.8 Å². The minimum absolute atomic E-state index is 0.273. The Balaban J connectivity index is 1.61.